The van der Waals surface area contributed by atoms with Crippen molar-refractivity contribution >= 4 is 29.0 Å². The van der Waals surface area contributed by atoms with Gasteiger partial charge in [0.15, 0.2) is 6.10 Å². The summed E-state index contributed by atoms with van der Waals surface area (Å²) in [4.78, 5) is 43.4. The van der Waals surface area contributed by atoms with E-state index >= 15 is 8.78 Å². The highest BCUT2D eigenvalue weighted by Gasteiger charge is 2.50. The van der Waals surface area contributed by atoms with Crippen LogP contribution in [0.4, 0.5) is 8.78 Å². The van der Waals surface area contributed by atoms with Crippen molar-refractivity contribution < 1.29 is 32.6 Å². The smallest absolute Gasteiger partial charge is 0.297 e. The summed E-state index contributed by atoms with van der Waals surface area (Å²) >= 11 is 0. The van der Waals surface area contributed by atoms with Gasteiger partial charge in [0.25, 0.3) is 11.8 Å². The number of likely N-dealkylation sites (tertiary alicyclic amines) is 1. The minimum absolute atomic E-state index is 0.0293. The highest BCUT2D eigenvalue weighted by molar-refractivity contribution is 6.01. The molecule has 6 rings (SSSR count). The summed E-state index contributed by atoms with van der Waals surface area (Å²) in [5, 5.41) is 0.959. The number of alkyl halides is 2. The molecule has 3 aliphatic heterocycles. The van der Waals surface area contributed by atoms with Gasteiger partial charge in [-0.3, -0.25) is 19.5 Å². The Balaban J connectivity index is 1.11. The monoisotopic (exact) mass is 578 g/mol. The van der Waals surface area contributed by atoms with Crippen LogP contribution in [0.2, 0.25) is 0 Å². The van der Waals surface area contributed by atoms with Crippen molar-refractivity contribution in [3.8, 4) is 5.75 Å². The summed E-state index contributed by atoms with van der Waals surface area (Å²) < 4.78 is 41.4. The summed E-state index contributed by atoms with van der Waals surface area (Å²) in [7, 11) is 0. The Kier molecular flexibility index (Phi) is 7.63. The quantitative estimate of drug-likeness (QED) is 0.367. The van der Waals surface area contributed by atoms with E-state index in [4.69, 9.17) is 20.2 Å². The van der Waals surface area contributed by atoms with Gasteiger partial charge < -0.3 is 24.9 Å². The zero-order valence-corrected chi connectivity index (χ0v) is 23.0. The zero-order chi connectivity index (χ0) is 29.4. The second kappa shape index (κ2) is 11.4. The second-order valence-corrected chi connectivity index (χ2v) is 11.3. The van der Waals surface area contributed by atoms with Crippen LogP contribution in [-0.4, -0.2) is 77.3 Å². The van der Waals surface area contributed by atoms with E-state index in [0.29, 0.717) is 36.5 Å². The van der Waals surface area contributed by atoms with Gasteiger partial charge in [-0.15, -0.1) is 0 Å². The van der Waals surface area contributed by atoms with Crippen molar-refractivity contribution in [2.75, 3.05) is 26.3 Å². The number of hydrogen-bond donors (Lipinski definition) is 1. The lowest BCUT2D eigenvalue weighted by atomic mass is 10.0. The molecule has 11 heteroatoms. The number of hydrogen-bond acceptors (Lipinski definition) is 7. The molecule has 0 aliphatic carbocycles. The Hall–Kier alpha value is -3.96. The first kappa shape index (κ1) is 28.2. The standard InChI is InChI=1S/C31H32F2N4O5/c32-31(33)18-36(14-19-3-7-25-20(12-19)4-8-26(35-25)21-9-11-41-17-21)16-28(31)42-23-5-6-24-22(13-23)15-37(30(24)40)27(29(34)39)2-1-10-38/h3-8,10,12-13,21,27-28H,1-2,9,11,14-18H2,(H2,34,39)/t21-,27+,28-/m1/s1. The number of ether oxygens (including phenoxy) is 2. The average molecular weight is 579 g/mol. The van der Waals surface area contributed by atoms with Crippen molar-refractivity contribution in [2.24, 2.45) is 5.73 Å². The highest BCUT2D eigenvalue weighted by Crippen LogP contribution is 2.35. The molecule has 0 bridgehead atoms. The van der Waals surface area contributed by atoms with Gasteiger partial charge in [0.2, 0.25) is 5.91 Å². The zero-order valence-electron chi connectivity index (χ0n) is 23.0. The van der Waals surface area contributed by atoms with Crippen LogP contribution in [0.1, 0.15) is 52.4 Å². The summed E-state index contributed by atoms with van der Waals surface area (Å²) in [5.41, 5.74) is 9.19. The minimum Gasteiger partial charge on any atom is -0.483 e. The molecule has 2 N–H and O–H groups in total. The van der Waals surface area contributed by atoms with Crippen molar-refractivity contribution in [3.05, 3.63) is 70.9 Å². The number of pyridine rings is 1. The number of carbonyl (C=O) groups is 3. The summed E-state index contributed by atoms with van der Waals surface area (Å²) in [5.74, 6) is -3.64. The first-order valence-electron chi connectivity index (χ1n) is 14.1. The van der Waals surface area contributed by atoms with Gasteiger partial charge in [0, 0.05) is 55.2 Å². The van der Waals surface area contributed by atoms with Crippen molar-refractivity contribution in [1.82, 2.24) is 14.8 Å². The fourth-order valence-corrected chi connectivity index (χ4v) is 6.11. The number of nitrogens with zero attached hydrogens (tertiary/aromatic N) is 3. The van der Waals surface area contributed by atoms with E-state index in [1.165, 1.54) is 17.0 Å². The molecule has 1 aromatic heterocycles. The molecule has 9 nitrogen and oxygen atoms in total. The molecular formula is C31H32F2N4O5. The molecule has 2 aromatic carbocycles. The summed E-state index contributed by atoms with van der Waals surface area (Å²) in [6.45, 7) is 1.44. The summed E-state index contributed by atoms with van der Waals surface area (Å²) in [6, 6.07) is 13.5. The van der Waals surface area contributed by atoms with Crippen LogP contribution in [-0.2, 0) is 27.4 Å². The molecule has 0 unspecified atom stereocenters. The molecule has 0 spiro atoms. The van der Waals surface area contributed by atoms with E-state index in [-0.39, 0.29) is 31.7 Å². The molecule has 42 heavy (non-hydrogen) atoms. The van der Waals surface area contributed by atoms with Crippen LogP contribution in [0.3, 0.4) is 0 Å². The van der Waals surface area contributed by atoms with Crippen LogP contribution in [0.15, 0.2) is 48.5 Å². The van der Waals surface area contributed by atoms with Gasteiger partial charge >= 0.3 is 0 Å². The first-order chi connectivity index (χ1) is 20.2. The molecule has 3 aromatic rings. The van der Waals surface area contributed by atoms with E-state index in [9.17, 15) is 14.4 Å². The molecule has 3 aliphatic rings. The number of aldehydes is 1. The highest BCUT2D eigenvalue weighted by atomic mass is 19.3. The van der Waals surface area contributed by atoms with E-state index in [1.54, 1.807) is 11.0 Å². The van der Waals surface area contributed by atoms with Crippen LogP contribution in [0.5, 0.6) is 5.75 Å². The normalized spacial score (nSPS) is 22.4. The molecule has 3 atom stereocenters. The van der Waals surface area contributed by atoms with Gasteiger partial charge in [-0.25, -0.2) is 8.78 Å². The number of nitrogens with two attached hydrogens (primary N) is 1. The van der Waals surface area contributed by atoms with Crippen molar-refractivity contribution in [1.29, 1.82) is 0 Å². The van der Waals surface area contributed by atoms with Crippen LogP contribution < -0.4 is 10.5 Å². The first-order valence-corrected chi connectivity index (χ1v) is 14.1. The van der Waals surface area contributed by atoms with Crippen molar-refractivity contribution in [2.45, 2.75) is 56.3 Å². The third kappa shape index (κ3) is 5.58. The second-order valence-electron chi connectivity index (χ2n) is 11.3. The number of fused-ring (bicyclic) bond motifs is 2. The Morgan fingerprint density at radius 2 is 2.07 bits per heavy atom. The predicted molar refractivity (Wildman–Crippen MR) is 149 cm³/mol. The number of rotatable bonds is 10. The van der Waals surface area contributed by atoms with Crippen LogP contribution in [0.25, 0.3) is 10.9 Å². The Bertz CT molecular complexity index is 1530. The van der Waals surface area contributed by atoms with E-state index in [1.807, 2.05) is 30.3 Å². The Morgan fingerprint density at radius 3 is 2.83 bits per heavy atom. The maximum atomic E-state index is 15.1. The number of aromatic nitrogens is 1. The number of primary amides is 1. The van der Waals surface area contributed by atoms with Crippen molar-refractivity contribution in [3.63, 3.8) is 0 Å². The van der Waals surface area contributed by atoms with E-state index in [0.717, 1.165) is 35.2 Å². The lowest BCUT2D eigenvalue weighted by molar-refractivity contribution is -0.122. The minimum atomic E-state index is -3.08. The molecular weight excluding hydrogens is 546 g/mol. The van der Waals surface area contributed by atoms with E-state index in [2.05, 4.69) is 0 Å². The molecule has 0 saturated carbocycles. The fourth-order valence-electron chi connectivity index (χ4n) is 6.11. The fraction of sp³-hybridized carbons (Fsp3) is 0.419. The third-order valence-electron chi connectivity index (χ3n) is 8.31. The van der Waals surface area contributed by atoms with Crippen LogP contribution in [0, 0.1) is 0 Å². The maximum absolute atomic E-state index is 15.1. The Morgan fingerprint density at radius 1 is 1.21 bits per heavy atom. The van der Waals surface area contributed by atoms with E-state index < -0.39 is 36.4 Å². The number of amides is 2. The van der Waals surface area contributed by atoms with Gasteiger partial charge in [-0.2, -0.15) is 0 Å². The predicted octanol–water partition coefficient (Wildman–Crippen LogP) is 3.43. The SMILES string of the molecule is NC(=O)[C@H](CCC=O)N1Cc2cc(O[C@@H]3CN(Cc4ccc5nc([C@@H]6CCOC6)ccc5c4)CC3(F)F)ccc2C1=O. The molecule has 2 amide bonds. The molecule has 2 fully saturated rings. The summed E-state index contributed by atoms with van der Waals surface area (Å²) in [6.07, 6.45) is 0.469. The largest absolute Gasteiger partial charge is 0.483 e. The van der Waals surface area contributed by atoms with Gasteiger partial charge in [0.05, 0.1) is 18.7 Å². The lowest BCUT2D eigenvalue weighted by Crippen LogP contribution is -2.44. The van der Waals surface area contributed by atoms with Gasteiger partial charge in [0.1, 0.15) is 18.1 Å². The average Bonchev–Trinajstić information content (AvgIpc) is 3.67. The number of halogens is 2. The molecule has 4 heterocycles. The topological polar surface area (TPSA) is 115 Å². The molecule has 220 valence electrons. The molecule has 0 radical (unpaired) electrons. The maximum Gasteiger partial charge on any atom is 0.297 e. The molecule has 2 saturated heterocycles. The lowest BCUT2D eigenvalue weighted by Gasteiger charge is -2.24. The van der Waals surface area contributed by atoms with Crippen LogP contribution >= 0.6 is 0 Å². The van der Waals surface area contributed by atoms with Gasteiger partial charge in [-0.1, -0.05) is 12.1 Å². The third-order valence-corrected chi connectivity index (χ3v) is 8.31. The number of benzene rings is 2. The number of carbonyl (C=O) groups excluding carboxylic acids is 3. The van der Waals surface area contributed by atoms with Gasteiger partial charge in [-0.05, 0) is 60.4 Å². The Labute approximate surface area is 241 Å².